The van der Waals surface area contributed by atoms with Crippen molar-refractivity contribution < 1.29 is 18.8 Å². The highest BCUT2D eigenvalue weighted by molar-refractivity contribution is 6.99. The van der Waals surface area contributed by atoms with Gasteiger partial charge in [0.15, 0.2) is 5.15 Å². The van der Waals surface area contributed by atoms with E-state index in [1.165, 1.54) is 22.8 Å². The summed E-state index contributed by atoms with van der Waals surface area (Å²) < 4.78 is 13.0. The highest BCUT2D eigenvalue weighted by atomic mass is 35.5. The molecule has 1 aromatic heterocycles. The van der Waals surface area contributed by atoms with Crippen molar-refractivity contribution in [3.63, 3.8) is 0 Å². The van der Waals surface area contributed by atoms with Crippen LogP contribution in [0.25, 0.3) is 0 Å². The van der Waals surface area contributed by atoms with Gasteiger partial charge in [-0.15, -0.1) is 0 Å². The Morgan fingerprint density at radius 2 is 1.48 bits per heavy atom. The number of piperidine rings is 1. The van der Waals surface area contributed by atoms with Gasteiger partial charge in [0.05, 0.1) is 30.8 Å². The molecular weight excluding hydrogens is 616 g/mol. The standard InChI is InChI=1S/C36H41ClN4O4Si/c1-36(2,3)46(30-15-9-5-10-16-30,31-17-11-6-12-18-31)45-26-29-20-19-28(34(42)40-23-32-33(37)39-22-21-38-32)24-41(29)35(43)44-25-27-13-7-4-8-14-27/h4-18,21-22,28-29H,19-20,23-26H2,1-3H3,(H,40,42)/t28-,29+/m1/s1. The number of carbonyl (C=O) groups excluding carboxylic acids is 2. The number of nitrogens with one attached hydrogen (secondary N) is 1. The van der Waals surface area contributed by atoms with Crippen LogP contribution in [0.15, 0.2) is 103 Å². The van der Waals surface area contributed by atoms with E-state index in [0.717, 1.165) is 5.56 Å². The molecule has 2 amide bonds. The zero-order valence-corrected chi connectivity index (χ0v) is 28.3. The molecule has 1 N–H and O–H groups in total. The Hall–Kier alpha value is -4.05. The summed E-state index contributed by atoms with van der Waals surface area (Å²) in [5, 5.41) is 5.30. The Kier molecular flexibility index (Phi) is 10.9. The molecule has 46 heavy (non-hydrogen) atoms. The van der Waals surface area contributed by atoms with Crippen molar-refractivity contribution in [2.45, 2.75) is 57.8 Å². The number of amides is 2. The second-order valence-electron chi connectivity index (χ2n) is 12.6. The van der Waals surface area contributed by atoms with Crippen LogP contribution in [-0.2, 0) is 27.1 Å². The van der Waals surface area contributed by atoms with E-state index in [1.807, 2.05) is 42.5 Å². The van der Waals surface area contributed by atoms with Gasteiger partial charge in [0.1, 0.15) is 6.61 Å². The summed E-state index contributed by atoms with van der Waals surface area (Å²) >= 11 is 6.15. The van der Waals surface area contributed by atoms with Gasteiger partial charge in [-0.05, 0) is 33.8 Å². The number of aromatic nitrogens is 2. The third-order valence-corrected chi connectivity index (χ3v) is 13.9. The van der Waals surface area contributed by atoms with Crippen LogP contribution in [0.4, 0.5) is 4.79 Å². The van der Waals surface area contributed by atoms with E-state index in [2.05, 4.69) is 84.6 Å². The van der Waals surface area contributed by atoms with Gasteiger partial charge in [0.25, 0.3) is 8.32 Å². The number of ether oxygens (including phenoxy) is 1. The number of carbonyl (C=O) groups is 2. The van der Waals surface area contributed by atoms with Crippen molar-refractivity contribution in [1.82, 2.24) is 20.2 Å². The quantitative estimate of drug-likeness (QED) is 0.219. The molecule has 0 bridgehead atoms. The molecule has 8 nitrogen and oxygen atoms in total. The number of benzene rings is 3. The Morgan fingerprint density at radius 1 is 0.891 bits per heavy atom. The van der Waals surface area contributed by atoms with Crippen molar-refractivity contribution in [1.29, 1.82) is 0 Å². The number of likely N-dealkylation sites (tertiary alicyclic amines) is 1. The normalized spacial score (nSPS) is 16.9. The van der Waals surface area contributed by atoms with Gasteiger partial charge in [-0.2, -0.15) is 0 Å². The third kappa shape index (κ3) is 7.66. The summed E-state index contributed by atoms with van der Waals surface area (Å²) in [4.78, 5) is 37.0. The van der Waals surface area contributed by atoms with E-state index in [9.17, 15) is 9.59 Å². The Morgan fingerprint density at radius 3 is 2.07 bits per heavy atom. The smallest absolute Gasteiger partial charge is 0.410 e. The first-order chi connectivity index (χ1) is 22.2. The maximum atomic E-state index is 13.7. The van der Waals surface area contributed by atoms with E-state index in [1.54, 1.807) is 4.90 Å². The van der Waals surface area contributed by atoms with Crippen molar-refractivity contribution in [3.05, 3.63) is 120 Å². The minimum absolute atomic E-state index is 0.139. The molecule has 0 radical (unpaired) electrons. The van der Waals surface area contributed by atoms with Crippen molar-refractivity contribution >= 4 is 42.3 Å². The van der Waals surface area contributed by atoms with Crippen LogP contribution in [0.2, 0.25) is 10.2 Å². The van der Waals surface area contributed by atoms with Crippen LogP contribution in [0.3, 0.4) is 0 Å². The summed E-state index contributed by atoms with van der Waals surface area (Å²) in [6, 6.07) is 30.2. The fourth-order valence-electron chi connectivity index (χ4n) is 6.21. The second-order valence-corrected chi connectivity index (χ2v) is 17.3. The first-order valence-electron chi connectivity index (χ1n) is 15.6. The molecule has 2 heterocycles. The Bertz CT molecular complexity index is 1550. The van der Waals surface area contributed by atoms with E-state index in [0.29, 0.717) is 25.1 Å². The monoisotopic (exact) mass is 656 g/mol. The highest BCUT2D eigenvalue weighted by Crippen LogP contribution is 2.37. The molecule has 1 aliphatic rings. The number of hydrogen-bond donors (Lipinski definition) is 1. The highest BCUT2D eigenvalue weighted by Gasteiger charge is 2.51. The summed E-state index contributed by atoms with van der Waals surface area (Å²) in [6.07, 6.45) is 3.76. The largest absolute Gasteiger partial charge is 0.445 e. The minimum atomic E-state index is -2.85. The van der Waals surface area contributed by atoms with E-state index >= 15 is 0 Å². The molecular formula is C36H41ClN4O4Si. The zero-order chi connectivity index (χ0) is 32.6. The van der Waals surface area contributed by atoms with Crippen LogP contribution >= 0.6 is 11.6 Å². The van der Waals surface area contributed by atoms with Crippen molar-refractivity contribution in [2.75, 3.05) is 13.2 Å². The SMILES string of the molecule is CC(C)(C)[Si](OC[C@@H]1CC[C@@H](C(=O)NCc2nccnc2Cl)CN1C(=O)OCc1ccccc1)(c1ccccc1)c1ccccc1. The van der Waals surface area contributed by atoms with Crippen LogP contribution in [-0.4, -0.2) is 54.4 Å². The first-order valence-corrected chi connectivity index (χ1v) is 17.9. The lowest BCUT2D eigenvalue weighted by molar-refractivity contribution is -0.127. The molecule has 5 rings (SSSR count). The van der Waals surface area contributed by atoms with E-state index < -0.39 is 20.3 Å². The Balaban J connectivity index is 1.38. The summed E-state index contributed by atoms with van der Waals surface area (Å²) in [6.45, 7) is 7.52. The van der Waals surface area contributed by atoms with Crippen molar-refractivity contribution in [3.8, 4) is 0 Å². The molecule has 0 aliphatic carbocycles. The number of hydrogen-bond acceptors (Lipinski definition) is 6. The fraction of sp³-hybridized carbons (Fsp3) is 0.333. The van der Waals surface area contributed by atoms with Gasteiger partial charge in [-0.3, -0.25) is 9.78 Å². The average Bonchev–Trinajstić information content (AvgIpc) is 3.08. The predicted octanol–water partition coefficient (Wildman–Crippen LogP) is 5.74. The van der Waals surface area contributed by atoms with Crippen LogP contribution in [0, 0.1) is 5.92 Å². The van der Waals surface area contributed by atoms with Gasteiger partial charge in [0.2, 0.25) is 5.91 Å². The molecule has 4 aromatic rings. The third-order valence-electron chi connectivity index (χ3n) is 8.58. The Labute approximate surface area is 277 Å². The summed E-state index contributed by atoms with van der Waals surface area (Å²) in [7, 11) is -2.85. The van der Waals surface area contributed by atoms with Gasteiger partial charge in [-0.1, -0.05) is 123 Å². The molecule has 10 heteroatoms. The van der Waals surface area contributed by atoms with Gasteiger partial charge < -0.3 is 19.4 Å². The van der Waals surface area contributed by atoms with Gasteiger partial charge in [0, 0.05) is 18.9 Å². The first kappa shape index (κ1) is 33.3. The van der Waals surface area contributed by atoms with Crippen molar-refractivity contribution in [2.24, 2.45) is 5.92 Å². The molecule has 0 saturated carbocycles. The maximum Gasteiger partial charge on any atom is 0.410 e. The van der Waals surface area contributed by atoms with Crippen LogP contribution < -0.4 is 15.7 Å². The number of halogens is 1. The van der Waals surface area contributed by atoms with E-state index in [-0.39, 0.29) is 41.8 Å². The molecule has 0 spiro atoms. The number of nitrogens with zero attached hydrogens (tertiary/aromatic N) is 3. The topological polar surface area (TPSA) is 93.6 Å². The van der Waals surface area contributed by atoms with E-state index in [4.69, 9.17) is 20.8 Å². The molecule has 240 valence electrons. The molecule has 1 fully saturated rings. The fourth-order valence-corrected chi connectivity index (χ4v) is 11.0. The van der Waals surface area contributed by atoms with Crippen LogP contribution in [0.1, 0.15) is 44.9 Å². The summed E-state index contributed by atoms with van der Waals surface area (Å²) in [5.41, 5.74) is 1.38. The summed E-state index contributed by atoms with van der Waals surface area (Å²) in [5.74, 6) is -0.599. The lowest BCUT2D eigenvalue weighted by Crippen LogP contribution is -2.67. The lowest BCUT2D eigenvalue weighted by atomic mass is 9.92. The average molecular weight is 657 g/mol. The lowest BCUT2D eigenvalue weighted by Gasteiger charge is -2.45. The molecule has 2 atom stereocenters. The predicted molar refractivity (Wildman–Crippen MR) is 182 cm³/mol. The molecule has 0 unspecified atom stereocenters. The maximum absolute atomic E-state index is 13.7. The second kappa shape index (κ2) is 15.0. The molecule has 1 aliphatic heterocycles. The zero-order valence-electron chi connectivity index (χ0n) is 26.6. The molecule has 1 saturated heterocycles. The number of rotatable bonds is 10. The molecule has 3 aromatic carbocycles. The van der Waals surface area contributed by atoms with Crippen LogP contribution in [0.5, 0.6) is 0 Å². The van der Waals surface area contributed by atoms with Gasteiger partial charge >= 0.3 is 6.09 Å². The van der Waals surface area contributed by atoms with Gasteiger partial charge in [-0.25, -0.2) is 9.78 Å². The minimum Gasteiger partial charge on any atom is -0.445 e.